The normalized spacial score (nSPS) is 10.9. The molecule has 0 saturated carbocycles. The second-order valence-corrected chi connectivity index (χ2v) is 6.03. The van der Waals surface area contributed by atoms with Gasteiger partial charge < -0.3 is 0 Å². The number of hydrogen-bond donors (Lipinski definition) is 1. The lowest BCUT2D eigenvalue weighted by atomic mass is 10.3. The number of benzene rings is 1. The third-order valence-corrected chi connectivity index (χ3v) is 5.17. The maximum atomic E-state index is 6.08. The molecule has 0 aliphatic rings. The zero-order valence-corrected chi connectivity index (χ0v) is 10.5. The first-order valence-electron chi connectivity index (χ1n) is 3.25. The van der Waals surface area contributed by atoms with Crippen LogP contribution in [0.3, 0.4) is 0 Å². The first-order chi connectivity index (χ1) is 5.70. The van der Waals surface area contributed by atoms with Crippen LogP contribution >= 0.6 is 58.2 Å². The molecule has 0 amide bonds. The standard InChI is InChI=1S/C8H4ClIS2/c9-6-4-2-1-3-5(11)7(4)12-8(6)10/h1-3,11H. The van der Waals surface area contributed by atoms with Gasteiger partial charge in [-0.2, -0.15) is 0 Å². The summed E-state index contributed by atoms with van der Waals surface area (Å²) in [6.07, 6.45) is 0. The Bertz CT molecular complexity index is 436. The molecule has 4 heteroatoms. The minimum Gasteiger partial charge on any atom is -0.142 e. The van der Waals surface area contributed by atoms with E-state index in [9.17, 15) is 0 Å². The highest BCUT2D eigenvalue weighted by Gasteiger charge is 2.08. The van der Waals surface area contributed by atoms with Gasteiger partial charge in [0.1, 0.15) is 0 Å². The van der Waals surface area contributed by atoms with Crippen LogP contribution in [-0.2, 0) is 0 Å². The van der Waals surface area contributed by atoms with E-state index in [1.165, 1.54) is 4.70 Å². The largest absolute Gasteiger partial charge is 0.142 e. The lowest BCUT2D eigenvalue weighted by Gasteiger charge is -1.92. The first-order valence-corrected chi connectivity index (χ1v) is 5.97. The SMILES string of the molecule is Sc1cccc2c(Cl)c(I)sc12. The fourth-order valence-electron chi connectivity index (χ4n) is 1.05. The van der Waals surface area contributed by atoms with Crippen molar-refractivity contribution in [3.05, 3.63) is 26.1 Å². The summed E-state index contributed by atoms with van der Waals surface area (Å²) in [7, 11) is 0. The van der Waals surface area contributed by atoms with Gasteiger partial charge in [0.2, 0.25) is 0 Å². The molecule has 0 fully saturated rings. The van der Waals surface area contributed by atoms with E-state index in [4.69, 9.17) is 11.6 Å². The minimum absolute atomic E-state index is 0.853. The zero-order valence-electron chi connectivity index (χ0n) is 5.84. The molecule has 0 aliphatic carbocycles. The van der Waals surface area contributed by atoms with E-state index < -0.39 is 0 Å². The molecule has 0 bridgehead atoms. The molecule has 0 atom stereocenters. The quantitative estimate of drug-likeness (QED) is 0.537. The van der Waals surface area contributed by atoms with Crippen LogP contribution in [0.5, 0.6) is 0 Å². The number of thiophene rings is 1. The minimum atomic E-state index is 0.853. The number of hydrogen-bond acceptors (Lipinski definition) is 2. The second kappa shape index (κ2) is 3.36. The average molecular weight is 327 g/mol. The molecule has 62 valence electrons. The molecule has 0 saturated heterocycles. The molecule has 12 heavy (non-hydrogen) atoms. The molecular weight excluding hydrogens is 323 g/mol. The van der Waals surface area contributed by atoms with Gasteiger partial charge in [0.25, 0.3) is 0 Å². The Kier molecular flexibility index (Phi) is 2.56. The fraction of sp³-hybridized carbons (Fsp3) is 0. The van der Waals surface area contributed by atoms with Gasteiger partial charge in [0, 0.05) is 10.3 Å². The summed E-state index contributed by atoms with van der Waals surface area (Å²) < 4.78 is 2.31. The van der Waals surface area contributed by atoms with Crippen molar-refractivity contribution in [2.75, 3.05) is 0 Å². The number of fused-ring (bicyclic) bond motifs is 1. The zero-order chi connectivity index (χ0) is 8.72. The summed E-state index contributed by atoms with van der Waals surface area (Å²) in [4.78, 5) is 1.00. The van der Waals surface area contributed by atoms with Crippen molar-refractivity contribution < 1.29 is 0 Å². The Morgan fingerprint density at radius 1 is 1.42 bits per heavy atom. The molecule has 0 spiro atoms. The van der Waals surface area contributed by atoms with Crippen molar-refractivity contribution in [1.82, 2.24) is 0 Å². The summed E-state index contributed by atoms with van der Waals surface area (Å²) >= 11 is 14.4. The summed E-state index contributed by atoms with van der Waals surface area (Å²) in [5, 5.41) is 1.96. The molecule has 2 aromatic rings. The van der Waals surface area contributed by atoms with Crippen LogP contribution in [0.2, 0.25) is 5.02 Å². The molecule has 0 nitrogen and oxygen atoms in total. The maximum Gasteiger partial charge on any atom is 0.0852 e. The lowest BCUT2D eigenvalue weighted by molar-refractivity contribution is 1.61. The number of rotatable bonds is 0. The van der Waals surface area contributed by atoms with Crippen molar-refractivity contribution in [2.24, 2.45) is 0 Å². The van der Waals surface area contributed by atoms with Gasteiger partial charge in [0.05, 0.1) is 12.6 Å². The Morgan fingerprint density at radius 2 is 2.17 bits per heavy atom. The van der Waals surface area contributed by atoms with Crippen LogP contribution in [0.1, 0.15) is 0 Å². The molecule has 0 unspecified atom stereocenters. The van der Waals surface area contributed by atoms with Crippen LogP contribution in [-0.4, -0.2) is 0 Å². The summed E-state index contributed by atoms with van der Waals surface area (Å²) in [5.74, 6) is 0. The lowest BCUT2D eigenvalue weighted by Crippen LogP contribution is -1.65. The summed E-state index contributed by atoms with van der Waals surface area (Å²) in [6, 6.07) is 5.98. The first kappa shape index (κ1) is 9.12. The fourth-order valence-corrected chi connectivity index (χ4v) is 3.50. The van der Waals surface area contributed by atoms with Gasteiger partial charge in [0.15, 0.2) is 0 Å². The molecule has 0 aliphatic heterocycles. The Balaban J connectivity index is 2.95. The van der Waals surface area contributed by atoms with Gasteiger partial charge in [-0.05, 0) is 28.7 Å². The van der Waals surface area contributed by atoms with Gasteiger partial charge >= 0.3 is 0 Å². The summed E-state index contributed by atoms with van der Waals surface area (Å²) in [6.45, 7) is 0. The van der Waals surface area contributed by atoms with E-state index in [0.717, 1.165) is 18.2 Å². The van der Waals surface area contributed by atoms with Gasteiger partial charge in [-0.1, -0.05) is 23.7 Å². The van der Waals surface area contributed by atoms with Crippen molar-refractivity contribution in [2.45, 2.75) is 4.90 Å². The molecule has 1 aromatic carbocycles. The van der Waals surface area contributed by atoms with Gasteiger partial charge in [-0.15, -0.1) is 24.0 Å². The maximum absolute atomic E-state index is 6.08. The highest BCUT2D eigenvalue weighted by Crippen LogP contribution is 2.38. The van der Waals surface area contributed by atoms with Crippen LogP contribution < -0.4 is 0 Å². The molecule has 0 N–H and O–H groups in total. The highest BCUT2D eigenvalue weighted by molar-refractivity contribution is 14.1. The molecule has 2 rings (SSSR count). The molecular formula is C8H4ClIS2. The van der Waals surface area contributed by atoms with Crippen LogP contribution in [0, 0.1) is 2.88 Å². The van der Waals surface area contributed by atoms with E-state index >= 15 is 0 Å². The molecule has 1 aromatic heterocycles. The highest BCUT2D eigenvalue weighted by atomic mass is 127. The average Bonchev–Trinajstić information content (AvgIpc) is 2.32. The van der Waals surface area contributed by atoms with Crippen molar-refractivity contribution in [1.29, 1.82) is 0 Å². The smallest absolute Gasteiger partial charge is 0.0852 e. The van der Waals surface area contributed by atoms with Gasteiger partial charge in [-0.3, -0.25) is 0 Å². The van der Waals surface area contributed by atoms with E-state index in [-0.39, 0.29) is 0 Å². The number of halogens is 2. The van der Waals surface area contributed by atoms with Crippen LogP contribution in [0.4, 0.5) is 0 Å². The predicted octanol–water partition coefficient (Wildman–Crippen LogP) is 4.45. The van der Waals surface area contributed by atoms with Crippen molar-refractivity contribution in [3.63, 3.8) is 0 Å². The van der Waals surface area contributed by atoms with Crippen LogP contribution in [0.25, 0.3) is 10.1 Å². The topological polar surface area (TPSA) is 0 Å². The predicted molar refractivity (Wildman–Crippen MR) is 66.8 cm³/mol. The molecule has 1 heterocycles. The van der Waals surface area contributed by atoms with Gasteiger partial charge in [-0.25, -0.2) is 0 Å². The third-order valence-electron chi connectivity index (χ3n) is 1.59. The van der Waals surface area contributed by atoms with E-state index in [1.54, 1.807) is 11.3 Å². The third kappa shape index (κ3) is 1.36. The Morgan fingerprint density at radius 3 is 2.83 bits per heavy atom. The Hall–Kier alpha value is 0.550. The monoisotopic (exact) mass is 326 g/mol. The van der Waals surface area contributed by atoms with Crippen molar-refractivity contribution in [3.8, 4) is 0 Å². The Labute approximate surface area is 98.5 Å². The molecule has 0 radical (unpaired) electrons. The summed E-state index contributed by atoms with van der Waals surface area (Å²) in [5.41, 5.74) is 0. The van der Waals surface area contributed by atoms with E-state index in [0.29, 0.717) is 0 Å². The van der Waals surface area contributed by atoms with Crippen molar-refractivity contribution >= 4 is 68.2 Å². The van der Waals surface area contributed by atoms with Crippen LogP contribution in [0.15, 0.2) is 23.1 Å². The number of thiol groups is 1. The second-order valence-electron chi connectivity index (χ2n) is 2.34. The van der Waals surface area contributed by atoms with E-state index in [2.05, 4.69) is 35.2 Å². The van der Waals surface area contributed by atoms with E-state index in [1.807, 2.05) is 18.2 Å².